The first kappa shape index (κ1) is 15.3. The summed E-state index contributed by atoms with van der Waals surface area (Å²) in [6, 6.07) is 17.6. The fourth-order valence-electron chi connectivity index (χ4n) is 2.30. The van der Waals surface area contributed by atoms with Crippen molar-refractivity contribution in [3.05, 3.63) is 71.3 Å². The lowest BCUT2D eigenvalue weighted by Crippen LogP contribution is -2.35. The van der Waals surface area contributed by atoms with Gasteiger partial charge in [-0.3, -0.25) is 4.79 Å². The van der Waals surface area contributed by atoms with Gasteiger partial charge < -0.3 is 11.1 Å². The Morgan fingerprint density at radius 1 is 1.14 bits per heavy atom. The van der Waals surface area contributed by atoms with E-state index in [1.165, 1.54) is 5.56 Å². The van der Waals surface area contributed by atoms with Gasteiger partial charge in [0.2, 0.25) is 5.91 Å². The average Bonchev–Trinajstić information content (AvgIpc) is 2.52. The first-order valence-corrected chi connectivity index (χ1v) is 7.21. The quantitative estimate of drug-likeness (QED) is 0.886. The summed E-state index contributed by atoms with van der Waals surface area (Å²) in [5, 5.41) is 2.96. The van der Waals surface area contributed by atoms with E-state index in [4.69, 9.17) is 5.73 Å². The van der Waals surface area contributed by atoms with E-state index in [1.807, 2.05) is 62.4 Å². The fourth-order valence-corrected chi connectivity index (χ4v) is 2.30. The molecule has 2 aromatic carbocycles. The molecule has 2 rings (SSSR count). The van der Waals surface area contributed by atoms with Crippen LogP contribution in [0.15, 0.2) is 54.6 Å². The van der Waals surface area contributed by atoms with Gasteiger partial charge in [-0.05, 0) is 18.1 Å². The molecule has 2 aromatic rings. The molecule has 0 fully saturated rings. The number of rotatable bonds is 5. The van der Waals surface area contributed by atoms with Crippen molar-refractivity contribution in [2.45, 2.75) is 26.4 Å². The number of carbonyl (C=O) groups excluding carboxylic acids is 1. The topological polar surface area (TPSA) is 55.1 Å². The van der Waals surface area contributed by atoms with E-state index in [9.17, 15) is 4.79 Å². The maximum Gasteiger partial charge on any atom is 0.225 e. The smallest absolute Gasteiger partial charge is 0.225 e. The number of nitrogens with two attached hydrogens (primary N) is 1. The van der Waals surface area contributed by atoms with E-state index in [2.05, 4.69) is 11.4 Å². The molecular formula is C18H22N2O. The van der Waals surface area contributed by atoms with Gasteiger partial charge in [-0.25, -0.2) is 0 Å². The fraction of sp³-hybridized carbons (Fsp3) is 0.278. The first-order valence-electron chi connectivity index (χ1n) is 7.21. The van der Waals surface area contributed by atoms with Crippen molar-refractivity contribution in [3.8, 4) is 0 Å². The Kier molecular flexibility index (Phi) is 5.12. The normalized spacial score (nSPS) is 13.5. The van der Waals surface area contributed by atoms with E-state index in [0.717, 1.165) is 11.1 Å². The number of nitrogens with one attached hydrogen (secondary N) is 1. The van der Waals surface area contributed by atoms with E-state index >= 15 is 0 Å². The van der Waals surface area contributed by atoms with Crippen molar-refractivity contribution in [1.29, 1.82) is 0 Å². The van der Waals surface area contributed by atoms with Crippen LogP contribution in [-0.4, -0.2) is 5.91 Å². The zero-order valence-electron chi connectivity index (χ0n) is 12.5. The van der Waals surface area contributed by atoms with Crippen LogP contribution in [0, 0.1) is 12.8 Å². The van der Waals surface area contributed by atoms with E-state index in [0.29, 0.717) is 6.54 Å². The monoisotopic (exact) mass is 282 g/mol. The predicted octanol–water partition coefficient (Wildman–Crippen LogP) is 2.95. The molecule has 21 heavy (non-hydrogen) atoms. The third kappa shape index (κ3) is 4.17. The van der Waals surface area contributed by atoms with Gasteiger partial charge in [0.25, 0.3) is 0 Å². The summed E-state index contributed by atoms with van der Waals surface area (Å²) >= 11 is 0. The molecule has 2 unspecified atom stereocenters. The highest BCUT2D eigenvalue weighted by atomic mass is 16.1. The van der Waals surface area contributed by atoms with Crippen molar-refractivity contribution in [3.63, 3.8) is 0 Å². The molecular weight excluding hydrogens is 260 g/mol. The van der Waals surface area contributed by atoms with Crippen LogP contribution in [0.3, 0.4) is 0 Å². The minimum absolute atomic E-state index is 0.0205. The van der Waals surface area contributed by atoms with Gasteiger partial charge in [0.05, 0.1) is 5.92 Å². The van der Waals surface area contributed by atoms with Gasteiger partial charge in [-0.2, -0.15) is 0 Å². The maximum absolute atomic E-state index is 12.2. The van der Waals surface area contributed by atoms with Crippen molar-refractivity contribution in [2.24, 2.45) is 11.7 Å². The van der Waals surface area contributed by atoms with Crippen molar-refractivity contribution >= 4 is 5.91 Å². The van der Waals surface area contributed by atoms with Crippen molar-refractivity contribution < 1.29 is 4.79 Å². The van der Waals surface area contributed by atoms with Crippen LogP contribution < -0.4 is 11.1 Å². The second kappa shape index (κ2) is 7.04. The maximum atomic E-state index is 12.2. The molecule has 0 bridgehead atoms. The molecule has 0 aliphatic heterocycles. The zero-order valence-corrected chi connectivity index (χ0v) is 12.5. The molecule has 0 saturated heterocycles. The highest BCUT2D eigenvalue weighted by Crippen LogP contribution is 2.19. The molecule has 2 atom stereocenters. The number of hydrogen-bond acceptors (Lipinski definition) is 2. The highest BCUT2D eigenvalue weighted by molar-refractivity contribution is 5.79. The lowest BCUT2D eigenvalue weighted by molar-refractivity contribution is -0.125. The van der Waals surface area contributed by atoms with Crippen LogP contribution >= 0.6 is 0 Å². The number of benzene rings is 2. The molecule has 0 saturated carbocycles. The molecule has 3 N–H and O–H groups in total. The van der Waals surface area contributed by atoms with Gasteiger partial charge in [0.15, 0.2) is 0 Å². The zero-order chi connectivity index (χ0) is 15.2. The van der Waals surface area contributed by atoms with Gasteiger partial charge >= 0.3 is 0 Å². The molecule has 0 aliphatic carbocycles. The van der Waals surface area contributed by atoms with E-state index < -0.39 is 0 Å². The van der Waals surface area contributed by atoms with Crippen LogP contribution in [0.25, 0.3) is 0 Å². The Morgan fingerprint density at radius 3 is 2.52 bits per heavy atom. The molecule has 0 heterocycles. The Balaban J connectivity index is 1.94. The summed E-state index contributed by atoms with van der Waals surface area (Å²) in [7, 11) is 0. The first-order chi connectivity index (χ1) is 10.1. The highest BCUT2D eigenvalue weighted by Gasteiger charge is 2.21. The summed E-state index contributed by atoms with van der Waals surface area (Å²) in [6.45, 7) is 4.44. The summed E-state index contributed by atoms with van der Waals surface area (Å²) in [4.78, 5) is 12.2. The largest absolute Gasteiger partial charge is 0.352 e. The van der Waals surface area contributed by atoms with Crippen molar-refractivity contribution in [2.75, 3.05) is 0 Å². The Morgan fingerprint density at radius 2 is 1.86 bits per heavy atom. The predicted molar refractivity (Wildman–Crippen MR) is 85.6 cm³/mol. The third-order valence-electron chi connectivity index (χ3n) is 3.69. The van der Waals surface area contributed by atoms with Gasteiger partial charge in [0.1, 0.15) is 0 Å². The second-order valence-electron chi connectivity index (χ2n) is 5.43. The minimum Gasteiger partial charge on any atom is -0.352 e. The molecule has 0 aliphatic rings. The molecule has 0 spiro atoms. The molecule has 1 amide bonds. The number of aryl methyl sites for hydroxylation is 1. The number of carbonyl (C=O) groups is 1. The molecule has 3 nitrogen and oxygen atoms in total. The number of amides is 1. The Hall–Kier alpha value is -2.13. The van der Waals surface area contributed by atoms with Crippen LogP contribution in [0.2, 0.25) is 0 Å². The lowest BCUT2D eigenvalue weighted by atomic mass is 9.94. The molecule has 0 radical (unpaired) electrons. The van der Waals surface area contributed by atoms with Crippen LogP contribution in [-0.2, 0) is 11.3 Å². The standard InChI is InChI=1S/C18H22N2O/c1-13-7-6-8-15(11-13)12-20-18(21)14(2)17(19)16-9-4-3-5-10-16/h3-11,14,17H,12,19H2,1-2H3,(H,20,21). The van der Waals surface area contributed by atoms with Crippen LogP contribution in [0.1, 0.15) is 29.7 Å². The summed E-state index contributed by atoms with van der Waals surface area (Å²) in [5.41, 5.74) is 9.45. The lowest BCUT2D eigenvalue weighted by Gasteiger charge is -2.20. The summed E-state index contributed by atoms with van der Waals surface area (Å²) < 4.78 is 0. The van der Waals surface area contributed by atoms with Gasteiger partial charge in [-0.15, -0.1) is 0 Å². The summed E-state index contributed by atoms with van der Waals surface area (Å²) in [5.74, 6) is -0.287. The minimum atomic E-state index is -0.288. The van der Waals surface area contributed by atoms with E-state index in [1.54, 1.807) is 0 Å². The number of hydrogen-bond donors (Lipinski definition) is 2. The molecule has 3 heteroatoms. The van der Waals surface area contributed by atoms with Crippen LogP contribution in [0.5, 0.6) is 0 Å². The van der Waals surface area contributed by atoms with Gasteiger partial charge in [-0.1, -0.05) is 67.1 Å². The van der Waals surface area contributed by atoms with Crippen molar-refractivity contribution in [1.82, 2.24) is 5.32 Å². The summed E-state index contributed by atoms with van der Waals surface area (Å²) in [6.07, 6.45) is 0. The third-order valence-corrected chi connectivity index (χ3v) is 3.69. The molecule has 0 aromatic heterocycles. The van der Waals surface area contributed by atoms with Crippen LogP contribution in [0.4, 0.5) is 0 Å². The van der Waals surface area contributed by atoms with E-state index in [-0.39, 0.29) is 17.9 Å². The Labute approximate surface area is 126 Å². The SMILES string of the molecule is Cc1cccc(CNC(=O)C(C)C(N)c2ccccc2)c1. The second-order valence-corrected chi connectivity index (χ2v) is 5.43. The Bertz CT molecular complexity index is 595. The van der Waals surface area contributed by atoms with Gasteiger partial charge in [0, 0.05) is 12.6 Å². The molecule has 110 valence electrons. The average molecular weight is 282 g/mol.